The number of hydrogen-bond donors (Lipinski definition) is 2. The first kappa shape index (κ1) is 31.2. The number of hydrogen-bond acceptors (Lipinski definition) is 6. The van der Waals surface area contributed by atoms with Gasteiger partial charge in [-0.15, -0.1) is 0 Å². The van der Waals surface area contributed by atoms with Crippen molar-refractivity contribution in [3.05, 3.63) is 83.0 Å². The van der Waals surface area contributed by atoms with Crippen molar-refractivity contribution < 1.29 is 33.1 Å². The molecule has 1 fully saturated rings. The standard InChI is InChI=1S/C33H43O7P/c1-5-12-26-20-29(34)31(28-19-24(4)15-16-27(28)23(2)3)30(21-26)39-32(35)33(17-10-7-11-18-33)40-41(36,37)38-22-25-13-8-6-9-14-25/h6,8-9,13-14,19-21,27-28,34H,2,5,7,10-12,15-18,22H2,1,3-4H3,(H,36,37)/t27-,28+/m0/s1. The first-order chi connectivity index (χ1) is 19.5. The predicted octanol–water partition coefficient (Wildman–Crippen LogP) is 8.30. The van der Waals surface area contributed by atoms with Crippen molar-refractivity contribution in [3.63, 3.8) is 0 Å². The molecule has 0 amide bonds. The Balaban J connectivity index is 1.67. The van der Waals surface area contributed by atoms with Gasteiger partial charge in [0.05, 0.1) is 6.61 Å². The van der Waals surface area contributed by atoms with Crippen molar-refractivity contribution in [1.29, 1.82) is 0 Å². The molecule has 0 aliphatic heterocycles. The van der Waals surface area contributed by atoms with Crippen molar-refractivity contribution in [2.75, 3.05) is 0 Å². The molecule has 1 saturated carbocycles. The highest BCUT2D eigenvalue weighted by molar-refractivity contribution is 7.47. The van der Waals surface area contributed by atoms with Crippen LogP contribution in [0.3, 0.4) is 0 Å². The average Bonchev–Trinajstić information content (AvgIpc) is 2.92. The van der Waals surface area contributed by atoms with Crippen molar-refractivity contribution in [2.24, 2.45) is 5.92 Å². The minimum absolute atomic E-state index is 0.0681. The van der Waals surface area contributed by atoms with Crippen molar-refractivity contribution in [2.45, 2.75) is 96.7 Å². The van der Waals surface area contributed by atoms with E-state index in [1.165, 1.54) is 5.57 Å². The van der Waals surface area contributed by atoms with Gasteiger partial charge in [-0.2, -0.15) is 0 Å². The number of aromatic hydroxyl groups is 1. The highest BCUT2D eigenvalue weighted by Crippen LogP contribution is 2.53. The lowest BCUT2D eigenvalue weighted by molar-refractivity contribution is -0.157. The number of phenols is 1. The molecule has 0 bridgehead atoms. The zero-order chi connectivity index (χ0) is 29.6. The highest BCUT2D eigenvalue weighted by Gasteiger charge is 2.48. The van der Waals surface area contributed by atoms with Gasteiger partial charge in [0.25, 0.3) is 0 Å². The van der Waals surface area contributed by atoms with Gasteiger partial charge in [-0.1, -0.05) is 73.9 Å². The summed E-state index contributed by atoms with van der Waals surface area (Å²) in [7, 11) is -4.62. The van der Waals surface area contributed by atoms with Crippen LogP contribution in [0.15, 0.2) is 66.3 Å². The summed E-state index contributed by atoms with van der Waals surface area (Å²) in [4.78, 5) is 24.7. The van der Waals surface area contributed by atoms with Crippen LogP contribution in [-0.2, 0) is 31.4 Å². The lowest BCUT2D eigenvalue weighted by Gasteiger charge is -2.36. The Hall–Kier alpha value is -2.70. The van der Waals surface area contributed by atoms with Gasteiger partial charge in [-0.3, -0.25) is 9.05 Å². The minimum Gasteiger partial charge on any atom is -0.507 e. The summed E-state index contributed by atoms with van der Waals surface area (Å²) in [5.74, 6) is -0.567. The Kier molecular flexibility index (Phi) is 10.3. The molecular weight excluding hydrogens is 539 g/mol. The fourth-order valence-corrected chi connectivity index (χ4v) is 7.12. The number of phenolic OH excluding ortho intramolecular Hbond substituents is 1. The molecule has 0 saturated heterocycles. The second kappa shape index (κ2) is 13.5. The first-order valence-corrected chi connectivity index (χ1v) is 16.2. The summed E-state index contributed by atoms with van der Waals surface area (Å²) in [5, 5.41) is 11.3. The molecule has 2 N–H and O–H groups in total. The maximum atomic E-state index is 14.0. The van der Waals surface area contributed by atoms with Crippen molar-refractivity contribution in [3.8, 4) is 11.5 Å². The molecular formula is C33H43O7P. The quantitative estimate of drug-likeness (QED) is 0.119. The third-order valence-corrected chi connectivity index (χ3v) is 9.23. The largest absolute Gasteiger partial charge is 0.507 e. The van der Waals surface area contributed by atoms with Gasteiger partial charge in [0.2, 0.25) is 0 Å². The molecule has 8 heteroatoms. The molecule has 0 spiro atoms. The van der Waals surface area contributed by atoms with E-state index < -0.39 is 19.4 Å². The zero-order valence-corrected chi connectivity index (χ0v) is 25.3. The average molecular weight is 583 g/mol. The van der Waals surface area contributed by atoms with Gasteiger partial charge < -0.3 is 14.7 Å². The summed E-state index contributed by atoms with van der Waals surface area (Å²) in [5.41, 5.74) is 2.64. The maximum absolute atomic E-state index is 14.0. The number of benzene rings is 2. The van der Waals surface area contributed by atoms with E-state index in [9.17, 15) is 19.4 Å². The Morgan fingerprint density at radius 1 is 1.12 bits per heavy atom. The lowest BCUT2D eigenvalue weighted by atomic mass is 9.73. The van der Waals surface area contributed by atoms with Crippen LogP contribution in [0.5, 0.6) is 11.5 Å². The third-order valence-electron chi connectivity index (χ3n) is 8.20. The van der Waals surface area contributed by atoms with Gasteiger partial charge in [-0.05, 0) is 88.0 Å². The van der Waals surface area contributed by atoms with Crippen LogP contribution in [0.25, 0.3) is 0 Å². The number of allylic oxidation sites excluding steroid dienone is 3. The number of carbonyl (C=O) groups excluding carboxylic acids is 1. The van der Waals surface area contributed by atoms with E-state index in [-0.39, 0.29) is 42.8 Å². The van der Waals surface area contributed by atoms with Crippen LogP contribution in [0, 0.1) is 5.92 Å². The summed E-state index contributed by atoms with van der Waals surface area (Å²) < 4.78 is 30.3. The van der Waals surface area contributed by atoms with E-state index in [1.807, 2.05) is 38.1 Å². The molecule has 222 valence electrons. The topological polar surface area (TPSA) is 102 Å². The summed E-state index contributed by atoms with van der Waals surface area (Å²) in [6, 6.07) is 12.6. The van der Waals surface area contributed by atoms with Gasteiger partial charge in [0, 0.05) is 11.5 Å². The van der Waals surface area contributed by atoms with E-state index in [0.29, 0.717) is 30.4 Å². The number of esters is 1. The van der Waals surface area contributed by atoms with Crippen molar-refractivity contribution in [1.82, 2.24) is 0 Å². The van der Waals surface area contributed by atoms with Gasteiger partial charge in [0.1, 0.15) is 11.5 Å². The second-order valence-electron chi connectivity index (χ2n) is 11.6. The fraction of sp³-hybridized carbons (Fsp3) is 0.485. The number of phosphoric ester groups is 1. The van der Waals surface area contributed by atoms with E-state index >= 15 is 0 Å². The second-order valence-corrected chi connectivity index (χ2v) is 12.9. The van der Waals surface area contributed by atoms with Crippen LogP contribution in [0.4, 0.5) is 0 Å². The smallest absolute Gasteiger partial charge is 0.473 e. The zero-order valence-electron chi connectivity index (χ0n) is 24.4. The monoisotopic (exact) mass is 582 g/mol. The number of rotatable bonds is 11. The number of phosphoric acid groups is 1. The van der Waals surface area contributed by atoms with Crippen LogP contribution in [-0.4, -0.2) is 21.6 Å². The van der Waals surface area contributed by atoms with Crippen LogP contribution in [0.1, 0.15) is 94.7 Å². The summed E-state index contributed by atoms with van der Waals surface area (Å²) in [6.07, 6.45) is 8.12. The van der Waals surface area contributed by atoms with E-state index in [2.05, 4.69) is 19.6 Å². The Morgan fingerprint density at radius 3 is 2.49 bits per heavy atom. The highest BCUT2D eigenvalue weighted by atomic mass is 31.2. The van der Waals surface area contributed by atoms with E-state index in [1.54, 1.807) is 18.2 Å². The molecule has 2 aromatic rings. The third kappa shape index (κ3) is 7.78. The van der Waals surface area contributed by atoms with E-state index in [0.717, 1.165) is 36.8 Å². The Bertz CT molecular complexity index is 1310. The number of carbonyl (C=O) groups is 1. The van der Waals surface area contributed by atoms with Crippen LogP contribution in [0.2, 0.25) is 0 Å². The summed E-state index contributed by atoms with van der Waals surface area (Å²) >= 11 is 0. The summed E-state index contributed by atoms with van der Waals surface area (Å²) in [6.45, 7) is 10.2. The number of aryl methyl sites for hydroxylation is 1. The van der Waals surface area contributed by atoms with Gasteiger partial charge in [0.15, 0.2) is 5.60 Å². The molecule has 1 unspecified atom stereocenters. The molecule has 2 aliphatic rings. The molecule has 2 aliphatic carbocycles. The predicted molar refractivity (Wildman–Crippen MR) is 160 cm³/mol. The van der Waals surface area contributed by atoms with Gasteiger partial charge in [-0.25, -0.2) is 9.36 Å². The Labute approximate surface area is 243 Å². The number of ether oxygens (including phenoxy) is 1. The lowest BCUT2D eigenvalue weighted by Crippen LogP contribution is -2.45. The van der Waals surface area contributed by atoms with Crippen LogP contribution >= 0.6 is 7.82 Å². The van der Waals surface area contributed by atoms with E-state index in [4.69, 9.17) is 13.8 Å². The van der Waals surface area contributed by atoms with Crippen molar-refractivity contribution >= 4 is 13.8 Å². The molecule has 3 atom stereocenters. The molecule has 41 heavy (non-hydrogen) atoms. The maximum Gasteiger partial charge on any atom is 0.473 e. The molecule has 4 rings (SSSR count). The molecule has 0 heterocycles. The molecule has 2 aromatic carbocycles. The first-order valence-electron chi connectivity index (χ1n) is 14.7. The fourth-order valence-electron chi connectivity index (χ4n) is 6.05. The molecule has 0 radical (unpaired) electrons. The van der Waals surface area contributed by atoms with Gasteiger partial charge >= 0.3 is 13.8 Å². The molecule has 7 nitrogen and oxygen atoms in total. The minimum atomic E-state index is -4.62. The normalized spacial score (nSPS) is 21.9. The molecule has 0 aromatic heterocycles. The SMILES string of the molecule is C=C(C)[C@@H]1CCC(C)=C[C@H]1c1c(O)cc(CCC)cc1OC(=O)C1(OP(=O)(O)OCc2ccccc2)CCCCC1. The Morgan fingerprint density at radius 2 is 1.83 bits per heavy atom. The van der Waals surface area contributed by atoms with Crippen LogP contribution < -0.4 is 4.74 Å².